The van der Waals surface area contributed by atoms with E-state index in [1.807, 2.05) is 13.0 Å². The fraction of sp³-hybridized carbons (Fsp3) is 0.643. The topological polar surface area (TPSA) is 139 Å². The Labute approximate surface area is 329 Å². The number of ether oxygens (including phenoxy) is 2. The lowest BCUT2D eigenvalue weighted by atomic mass is 9.86. The Kier molecular flexibility index (Phi) is 14.6. The number of methoxy groups -OCH3 is 1. The number of hydrogen-bond acceptors (Lipinski definition) is 8. The summed E-state index contributed by atoms with van der Waals surface area (Å²) >= 11 is 1.40. The number of likely N-dealkylation sites (tertiary alicyclic amines) is 1. The lowest BCUT2D eigenvalue weighted by Crippen LogP contribution is -2.55. The molecule has 55 heavy (non-hydrogen) atoms. The number of allylic oxidation sites excluding steroid dienone is 1. The van der Waals surface area contributed by atoms with Gasteiger partial charge in [-0.2, -0.15) is 0 Å². The van der Waals surface area contributed by atoms with E-state index in [2.05, 4.69) is 49.1 Å². The first-order valence-electron chi connectivity index (χ1n) is 20.0. The van der Waals surface area contributed by atoms with Crippen LogP contribution in [-0.2, 0) is 30.3 Å². The SMILES string of the molecule is CCCCC/C=C\[C@H](C)C(NC(=O)C1CC2(CCc3c(c(C4CC4)nc4ccc(F)cc34)O2)CN1C(=O)CNC=O)C(=O)NSC1(C)CC1.COCC(C)C. The number of aromatic nitrogens is 1. The fourth-order valence-corrected chi connectivity index (χ4v) is 8.10. The Hall–Kier alpha value is -3.71. The highest BCUT2D eigenvalue weighted by molar-refractivity contribution is 7.99. The van der Waals surface area contributed by atoms with Gasteiger partial charge in [-0.05, 0) is 94.4 Å². The third-order valence-electron chi connectivity index (χ3n) is 10.9. The van der Waals surface area contributed by atoms with Crippen LogP contribution in [0, 0.1) is 17.7 Å². The summed E-state index contributed by atoms with van der Waals surface area (Å²) in [5.74, 6) is -0.226. The molecule has 11 nitrogen and oxygen atoms in total. The van der Waals surface area contributed by atoms with E-state index >= 15 is 0 Å². The molecule has 13 heteroatoms. The summed E-state index contributed by atoms with van der Waals surface area (Å²) in [6, 6.07) is 2.84. The average molecular weight is 782 g/mol. The predicted octanol–water partition coefficient (Wildman–Crippen LogP) is 6.53. The van der Waals surface area contributed by atoms with E-state index in [0.29, 0.717) is 36.3 Å². The van der Waals surface area contributed by atoms with Crippen LogP contribution in [0.2, 0.25) is 0 Å². The fourth-order valence-electron chi connectivity index (χ4n) is 7.32. The molecule has 3 fully saturated rings. The van der Waals surface area contributed by atoms with Gasteiger partial charge in [0.15, 0.2) is 0 Å². The molecule has 6 rings (SSSR count). The molecule has 3 heterocycles. The number of unbranched alkanes of at least 4 members (excludes halogenated alkanes) is 3. The number of pyridine rings is 1. The lowest BCUT2D eigenvalue weighted by molar-refractivity contribution is -0.139. The molecule has 2 aliphatic heterocycles. The van der Waals surface area contributed by atoms with Gasteiger partial charge in [0.2, 0.25) is 18.2 Å². The monoisotopic (exact) mass is 781 g/mol. The van der Waals surface area contributed by atoms with Gasteiger partial charge in [-0.1, -0.05) is 52.7 Å². The number of nitrogens with zero attached hydrogens (tertiary/aromatic N) is 2. The zero-order valence-corrected chi connectivity index (χ0v) is 34.2. The van der Waals surface area contributed by atoms with E-state index in [1.165, 1.54) is 29.0 Å². The number of carbonyl (C=O) groups is 4. The second-order valence-corrected chi connectivity index (χ2v) is 17.8. The summed E-state index contributed by atoms with van der Waals surface area (Å²) in [5, 5.41) is 6.16. The highest BCUT2D eigenvalue weighted by atomic mass is 32.2. The summed E-state index contributed by atoms with van der Waals surface area (Å²) in [4.78, 5) is 58.8. The number of rotatable bonds is 17. The van der Waals surface area contributed by atoms with Crippen molar-refractivity contribution in [1.29, 1.82) is 0 Å². The molecule has 0 radical (unpaired) electrons. The van der Waals surface area contributed by atoms with Gasteiger partial charge < -0.3 is 25.0 Å². The molecule has 4 amide bonds. The molecule has 4 aliphatic rings. The first-order chi connectivity index (χ1) is 26.3. The Morgan fingerprint density at radius 2 is 1.93 bits per heavy atom. The van der Waals surface area contributed by atoms with Crippen LogP contribution in [0.15, 0.2) is 30.4 Å². The van der Waals surface area contributed by atoms with Crippen molar-refractivity contribution in [2.45, 2.75) is 134 Å². The summed E-state index contributed by atoms with van der Waals surface area (Å²) in [6.07, 6.45) is 14.0. The molecule has 302 valence electrons. The number of carbonyl (C=O) groups excluding carboxylic acids is 4. The predicted molar refractivity (Wildman–Crippen MR) is 214 cm³/mol. The van der Waals surface area contributed by atoms with Crippen molar-refractivity contribution in [2.75, 3.05) is 26.8 Å². The number of nitrogens with one attached hydrogen (secondary N) is 3. The molecule has 3 unspecified atom stereocenters. The van der Waals surface area contributed by atoms with Gasteiger partial charge in [0.25, 0.3) is 5.91 Å². The van der Waals surface area contributed by atoms with Crippen molar-refractivity contribution >= 4 is 47.0 Å². The van der Waals surface area contributed by atoms with Gasteiger partial charge in [-0.25, -0.2) is 9.37 Å². The second-order valence-electron chi connectivity index (χ2n) is 16.4. The standard InChI is InChI=1S/C37H48FN5O5S.C5H12O/c1-4-5-6-7-8-9-23(2)31(35(47)42-49-36(3)16-17-36)41-34(46)29-19-37(21-43(29)30(45)20-39-22-44)15-14-26-27-18-25(38)12-13-28(27)40-32(24-10-11-24)33(26)48-37;1-5(2)4-6-3/h8-9,12-13,18,22-24,29,31H,4-7,10-11,14-17,19-21H2,1-3H3,(H,39,44)(H,41,46)(H,42,47);5H,4H2,1-3H3/b9-8-;/t23-,29?,31?,37?;/m0./s1. The van der Waals surface area contributed by atoms with E-state index in [0.717, 1.165) is 74.7 Å². The van der Waals surface area contributed by atoms with Crippen molar-refractivity contribution < 1.29 is 33.0 Å². The van der Waals surface area contributed by atoms with Crippen molar-refractivity contribution in [1.82, 2.24) is 25.2 Å². The number of halogens is 1. The van der Waals surface area contributed by atoms with Crippen LogP contribution in [0.25, 0.3) is 10.9 Å². The first kappa shape index (κ1) is 42.4. The lowest BCUT2D eigenvalue weighted by Gasteiger charge is -2.37. The van der Waals surface area contributed by atoms with E-state index in [1.54, 1.807) is 13.2 Å². The normalized spacial score (nSPS) is 22.0. The minimum Gasteiger partial charge on any atom is -0.483 e. The van der Waals surface area contributed by atoms with Crippen LogP contribution in [0.4, 0.5) is 4.39 Å². The maximum Gasteiger partial charge on any atom is 0.252 e. The number of amides is 4. The van der Waals surface area contributed by atoms with Crippen molar-refractivity contribution in [3.8, 4) is 5.75 Å². The zero-order chi connectivity index (χ0) is 39.8. The molecule has 1 aromatic heterocycles. The highest BCUT2D eigenvalue weighted by Gasteiger charge is 2.53. The van der Waals surface area contributed by atoms with Crippen molar-refractivity contribution in [3.63, 3.8) is 0 Å². The number of hydrogen-bond donors (Lipinski definition) is 3. The summed E-state index contributed by atoms with van der Waals surface area (Å²) < 4.78 is 29.0. The van der Waals surface area contributed by atoms with Gasteiger partial charge in [-0.15, -0.1) is 0 Å². The molecular weight excluding hydrogens is 722 g/mol. The zero-order valence-electron chi connectivity index (χ0n) is 33.4. The number of benzene rings is 1. The maximum absolute atomic E-state index is 14.4. The highest BCUT2D eigenvalue weighted by Crippen LogP contribution is 2.51. The Balaban J connectivity index is 0.000000895. The van der Waals surface area contributed by atoms with Crippen LogP contribution in [0.5, 0.6) is 5.75 Å². The smallest absolute Gasteiger partial charge is 0.252 e. The summed E-state index contributed by atoms with van der Waals surface area (Å²) in [6.45, 7) is 11.2. The van der Waals surface area contributed by atoms with Crippen LogP contribution in [0.1, 0.15) is 116 Å². The van der Waals surface area contributed by atoms with Crippen molar-refractivity contribution in [3.05, 3.63) is 47.4 Å². The van der Waals surface area contributed by atoms with Crippen LogP contribution in [0.3, 0.4) is 0 Å². The molecular formula is C42H60FN5O6S. The molecule has 1 aromatic carbocycles. The van der Waals surface area contributed by atoms with E-state index in [-0.39, 0.29) is 47.8 Å². The molecule has 3 N–H and O–H groups in total. The number of aryl methyl sites for hydroxylation is 1. The third-order valence-corrected chi connectivity index (χ3v) is 12.1. The Morgan fingerprint density at radius 3 is 2.56 bits per heavy atom. The van der Waals surface area contributed by atoms with E-state index < -0.39 is 29.5 Å². The molecule has 4 atom stereocenters. The van der Waals surface area contributed by atoms with Gasteiger partial charge in [0, 0.05) is 47.7 Å². The molecule has 2 aliphatic carbocycles. The maximum atomic E-state index is 14.4. The first-order valence-corrected chi connectivity index (χ1v) is 20.9. The Bertz CT molecular complexity index is 1710. The largest absolute Gasteiger partial charge is 0.483 e. The average Bonchev–Trinajstić information content (AvgIpc) is 4.10. The van der Waals surface area contributed by atoms with E-state index in [4.69, 9.17) is 14.5 Å². The minimum atomic E-state index is -0.928. The molecule has 0 bridgehead atoms. The number of fused-ring (bicyclic) bond motifs is 3. The third kappa shape index (κ3) is 11.2. The molecule has 1 spiro atoms. The van der Waals surface area contributed by atoms with Crippen LogP contribution in [-0.4, -0.2) is 83.3 Å². The van der Waals surface area contributed by atoms with Crippen molar-refractivity contribution in [2.24, 2.45) is 11.8 Å². The quantitative estimate of drug-likeness (QED) is 0.0714. The second kappa shape index (κ2) is 19.0. The minimum absolute atomic E-state index is 0.00989. The van der Waals surface area contributed by atoms with Gasteiger partial charge >= 0.3 is 0 Å². The van der Waals surface area contributed by atoms with Crippen LogP contribution < -0.4 is 20.1 Å². The molecule has 1 saturated heterocycles. The summed E-state index contributed by atoms with van der Waals surface area (Å²) in [5.41, 5.74) is 1.59. The van der Waals surface area contributed by atoms with Crippen LogP contribution >= 0.6 is 11.9 Å². The van der Waals surface area contributed by atoms with Gasteiger partial charge in [0.05, 0.1) is 24.3 Å². The Morgan fingerprint density at radius 1 is 1.16 bits per heavy atom. The van der Waals surface area contributed by atoms with Gasteiger partial charge in [-0.3, -0.25) is 23.9 Å². The van der Waals surface area contributed by atoms with Gasteiger partial charge in [0.1, 0.15) is 29.3 Å². The van der Waals surface area contributed by atoms with E-state index in [9.17, 15) is 23.6 Å². The summed E-state index contributed by atoms with van der Waals surface area (Å²) in [7, 11) is 1.72. The molecule has 2 aromatic rings. The molecule has 2 saturated carbocycles.